The molecule has 18 heavy (non-hydrogen) atoms. The minimum Gasteiger partial charge on any atom is -0.464 e. The smallest absolute Gasteiger partial charge is 0.328 e. The van der Waals surface area contributed by atoms with Crippen molar-refractivity contribution in [2.75, 3.05) is 11.9 Å². The summed E-state index contributed by atoms with van der Waals surface area (Å²) in [6.45, 7) is 8.59. The molecule has 3 nitrogen and oxygen atoms in total. The Morgan fingerprint density at radius 1 is 1.28 bits per heavy atom. The van der Waals surface area contributed by atoms with Crippen LogP contribution >= 0.6 is 0 Å². The second kappa shape index (κ2) is 6.43. The molecular weight excluding hydrogens is 226 g/mol. The van der Waals surface area contributed by atoms with E-state index in [1.807, 2.05) is 37.3 Å². The van der Waals surface area contributed by atoms with E-state index in [0.29, 0.717) is 6.61 Å². The molecule has 0 aliphatic heterocycles. The fraction of sp³-hybridized carbons (Fsp3) is 0.533. The number of benzene rings is 1. The maximum absolute atomic E-state index is 11.9. The monoisotopic (exact) mass is 249 g/mol. The zero-order chi connectivity index (χ0) is 13.6. The first kappa shape index (κ1) is 14.6. The van der Waals surface area contributed by atoms with Gasteiger partial charge in [-0.15, -0.1) is 0 Å². The van der Waals surface area contributed by atoms with Gasteiger partial charge >= 0.3 is 5.97 Å². The van der Waals surface area contributed by atoms with Crippen LogP contribution in [0.1, 0.15) is 34.1 Å². The van der Waals surface area contributed by atoms with Crippen LogP contribution < -0.4 is 5.32 Å². The second-order valence-corrected chi connectivity index (χ2v) is 5.58. The third kappa shape index (κ3) is 5.21. The lowest BCUT2D eigenvalue weighted by molar-refractivity contribution is -0.144. The van der Waals surface area contributed by atoms with Crippen molar-refractivity contribution < 1.29 is 9.53 Å². The van der Waals surface area contributed by atoms with E-state index in [-0.39, 0.29) is 17.4 Å². The van der Waals surface area contributed by atoms with Crippen molar-refractivity contribution in [1.29, 1.82) is 0 Å². The summed E-state index contributed by atoms with van der Waals surface area (Å²) in [6, 6.07) is 9.45. The van der Waals surface area contributed by atoms with Gasteiger partial charge in [-0.05, 0) is 30.9 Å². The van der Waals surface area contributed by atoms with Crippen LogP contribution in [-0.2, 0) is 9.53 Å². The molecule has 0 amide bonds. The third-order valence-corrected chi connectivity index (χ3v) is 2.50. The van der Waals surface area contributed by atoms with E-state index in [1.54, 1.807) is 0 Å². The van der Waals surface area contributed by atoms with Gasteiger partial charge in [0.05, 0.1) is 6.61 Å². The molecule has 1 atom stereocenters. The van der Waals surface area contributed by atoms with Gasteiger partial charge in [-0.3, -0.25) is 0 Å². The van der Waals surface area contributed by atoms with Gasteiger partial charge in [-0.2, -0.15) is 0 Å². The molecule has 0 radical (unpaired) electrons. The Bertz CT molecular complexity index is 368. The van der Waals surface area contributed by atoms with E-state index in [0.717, 1.165) is 12.1 Å². The Balaban J connectivity index is 2.74. The average molecular weight is 249 g/mol. The Morgan fingerprint density at radius 3 is 2.39 bits per heavy atom. The van der Waals surface area contributed by atoms with Gasteiger partial charge in [-0.25, -0.2) is 4.79 Å². The normalized spacial score (nSPS) is 12.9. The van der Waals surface area contributed by atoms with Crippen molar-refractivity contribution in [1.82, 2.24) is 0 Å². The van der Waals surface area contributed by atoms with Crippen LogP contribution in [0.2, 0.25) is 0 Å². The topological polar surface area (TPSA) is 38.3 Å². The summed E-state index contributed by atoms with van der Waals surface area (Å²) >= 11 is 0. The molecule has 1 aromatic rings. The minimum atomic E-state index is -0.299. The van der Waals surface area contributed by atoms with Crippen LogP contribution in [-0.4, -0.2) is 18.6 Å². The highest BCUT2D eigenvalue weighted by Crippen LogP contribution is 2.23. The van der Waals surface area contributed by atoms with Gasteiger partial charge in [0, 0.05) is 5.69 Å². The lowest BCUT2D eigenvalue weighted by Gasteiger charge is -2.26. The summed E-state index contributed by atoms with van der Waals surface area (Å²) < 4.78 is 5.12. The summed E-state index contributed by atoms with van der Waals surface area (Å²) in [5.74, 6) is -0.184. The lowest BCUT2D eigenvalue weighted by atomic mass is 9.88. The molecule has 3 heteroatoms. The maximum Gasteiger partial charge on any atom is 0.328 e. The largest absolute Gasteiger partial charge is 0.464 e. The first-order valence-corrected chi connectivity index (χ1v) is 6.40. The molecule has 1 N–H and O–H groups in total. The van der Waals surface area contributed by atoms with Gasteiger partial charge in [0.25, 0.3) is 0 Å². The quantitative estimate of drug-likeness (QED) is 0.812. The Hall–Kier alpha value is -1.51. The number of hydrogen-bond donors (Lipinski definition) is 1. The van der Waals surface area contributed by atoms with E-state index in [2.05, 4.69) is 26.1 Å². The van der Waals surface area contributed by atoms with E-state index < -0.39 is 0 Å². The number of ether oxygens (including phenoxy) is 1. The Morgan fingerprint density at radius 2 is 1.89 bits per heavy atom. The Labute approximate surface area is 110 Å². The van der Waals surface area contributed by atoms with Crippen LogP contribution in [0.25, 0.3) is 0 Å². The Kier molecular flexibility index (Phi) is 5.20. The number of nitrogens with one attached hydrogen (secondary N) is 1. The summed E-state index contributed by atoms with van der Waals surface area (Å²) in [6.07, 6.45) is 0.737. The van der Waals surface area contributed by atoms with Crippen LogP contribution in [0.5, 0.6) is 0 Å². The standard InChI is InChI=1S/C15H23NO2/c1-5-18-14(17)13(11-15(2,3)4)16-12-9-7-6-8-10-12/h6-10,13,16H,5,11H2,1-4H3/t13-/m1/s1. The van der Waals surface area contributed by atoms with Crippen molar-refractivity contribution in [2.45, 2.75) is 40.2 Å². The maximum atomic E-state index is 11.9. The number of para-hydroxylation sites is 1. The molecule has 0 spiro atoms. The summed E-state index contributed by atoms with van der Waals surface area (Å²) in [4.78, 5) is 11.9. The van der Waals surface area contributed by atoms with Gasteiger partial charge in [-0.1, -0.05) is 39.0 Å². The predicted molar refractivity (Wildman–Crippen MR) is 74.6 cm³/mol. The molecule has 100 valence electrons. The van der Waals surface area contributed by atoms with E-state index in [1.165, 1.54) is 0 Å². The molecule has 1 rings (SSSR count). The molecule has 0 saturated heterocycles. The first-order chi connectivity index (χ1) is 8.42. The van der Waals surface area contributed by atoms with Crippen LogP contribution in [0.4, 0.5) is 5.69 Å². The van der Waals surface area contributed by atoms with Crippen molar-refractivity contribution in [3.8, 4) is 0 Å². The van der Waals surface area contributed by atoms with E-state index in [9.17, 15) is 4.79 Å². The molecule has 0 saturated carbocycles. The molecule has 0 unspecified atom stereocenters. The second-order valence-electron chi connectivity index (χ2n) is 5.58. The SMILES string of the molecule is CCOC(=O)[C@@H](CC(C)(C)C)Nc1ccccc1. The van der Waals surface area contributed by atoms with Crippen LogP contribution in [0.3, 0.4) is 0 Å². The number of anilines is 1. The number of carbonyl (C=O) groups is 1. The van der Waals surface area contributed by atoms with Crippen molar-refractivity contribution in [3.63, 3.8) is 0 Å². The van der Waals surface area contributed by atoms with Gasteiger partial charge in [0.15, 0.2) is 0 Å². The third-order valence-electron chi connectivity index (χ3n) is 2.50. The van der Waals surface area contributed by atoms with Gasteiger partial charge in [0.1, 0.15) is 6.04 Å². The van der Waals surface area contributed by atoms with Crippen molar-refractivity contribution >= 4 is 11.7 Å². The minimum absolute atomic E-state index is 0.0687. The molecule has 0 aromatic heterocycles. The molecule has 0 heterocycles. The summed E-state index contributed by atoms with van der Waals surface area (Å²) in [5, 5.41) is 3.25. The zero-order valence-corrected chi connectivity index (χ0v) is 11.7. The number of hydrogen-bond acceptors (Lipinski definition) is 3. The van der Waals surface area contributed by atoms with E-state index >= 15 is 0 Å². The molecular formula is C15H23NO2. The molecule has 1 aromatic carbocycles. The van der Waals surface area contributed by atoms with Crippen molar-refractivity contribution in [2.24, 2.45) is 5.41 Å². The molecule has 0 fully saturated rings. The zero-order valence-electron chi connectivity index (χ0n) is 11.7. The van der Waals surface area contributed by atoms with Crippen LogP contribution in [0.15, 0.2) is 30.3 Å². The van der Waals surface area contributed by atoms with E-state index in [4.69, 9.17) is 4.74 Å². The van der Waals surface area contributed by atoms with Crippen molar-refractivity contribution in [3.05, 3.63) is 30.3 Å². The highest BCUT2D eigenvalue weighted by Gasteiger charge is 2.25. The fourth-order valence-corrected chi connectivity index (χ4v) is 1.78. The molecule has 0 bridgehead atoms. The first-order valence-electron chi connectivity index (χ1n) is 6.40. The van der Waals surface area contributed by atoms with Crippen LogP contribution in [0, 0.1) is 5.41 Å². The lowest BCUT2D eigenvalue weighted by Crippen LogP contribution is -2.35. The summed E-state index contributed by atoms with van der Waals surface area (Å²) in [5.41, 5.74) is 1.01. The summed E-state index contributed by atoms with van der Waals surface area (Å²) in [7, 11) is 0. The highest BCUT2D eigenvalue weighted by molar-refractivity contribution is 5.79. The number of rotatable bonds is 5. The average Bonchev–Trinajstić information content (AvgIpc) is 2.28. The molecule has 0 aliphatic rings. The van der Waals surface area contributed by atoms with Gasteiger partial charge in [0.2, 0.25) is 0 Å². The number of esters is 1. The fourth-order valence-electron chi connectivity index (χ4n) is 1.78. The highest BCUT2D eigenvalue weighted by atomic mass is 16.5. The van der Waals surface area contributed by atoms with Gasteiger partial charge < -0.3 is 10.1 Å². The molecule has 0 aliphatic carbocycles. The number of carbonyl (C=O) groups excluding carboxylic acids is 1. The predicted octanol–water partition coefficient (Wildman–Crippen LogP) is 3.47.